The Labute approximate surface area is 194 Å². The van der Waals surface area contributed by atoms with Gasteiger partial charge in [-0.2, -0.15) is 0 Å². The van der Waals surface area contributed by atoms with Crippen LogP contribution >= 0.6 is 0 Å². The molecule has 0 aliphatic carbocycles. The Morgan fingerprint density at radius 2 is 1.85 bits per heavy atom. The highest BCUT2D eigenvalue weighted by molar-refractivity contribution is 6.09. The van der Waals surface area contributed by atoms with Crippen LogP contribution in [0.25, 0.3) is 0 Å². The molecule has 5 rings (SSSR count). The number of hydrogen-bond acceptors (Lipinski definition) is 6. The summed E-state index contributed by atoms with van der Waals surface area (Å²) in [6, 6.07) is 5.35. The SMILES string of the molecule is O=C(CN1C(=O)[C@@H]2CCCCN2c2ccc(C(=O)N3CCCC3)cc21)NC[C@@H]1COCCO1. The molecule has 0 aromatic heterocycles. The molecule has 178 valence electrons. The van der Waals surface area contributed by atoms with E-state index in [2.05, 4.69) is 10.2 Å². The lowest BCUT2D eigenvalue weighted by Gasteiger charge is -2.45. The van der Waals surface area contributed by atoms with E-state index in [0.717, 1.165) is 57.4 Å². The van der Waals surface area contributed by atoms with Gasteiger partial charge in [0.25, 0.3) is 5.91 Å². The Bertz CT molecular complexity index is 910. The number of anilines is 2. The molecule has 0 saturated carbocycles. The fourth-order valence-corrected chi connectivity index (χ4v) is 5.24. The van der Waals surface area contributed by atoms with Crippen molar-refractivity contribution in [2.45, 2.75) is 44.2 Å². The summed E-state index contributed by atoms with van der Waals surface area (Å²) in [5.41, 5.74) is 2.14. The zero-order valence-corrected chi connectivity index (χ0v) is 19.0. The van der Waals surface area contributed by atoms with Crippen LogP contribution in [-0.4, -0.2) is 87.3 Å². The van der Waals surface area contributed by atoms with Crippen molar-refractivity contribution in [1.29, 1.82) is 0 Å². The van der Waals surface area contributed by atoms with Crippen molar-refractivity contribution in [3.63, 3.8) is 0 Å². The van der Waals surface area contributed by atoms with Gasteiger partial charge < -0.3 is 24.6 Å². The number of rotatable bonds is 5. The van der Waals surface area contributed by atoms with E-state index < -0.39 is 0 Å². The van der Waals surface area contributed by atoms with Gasteiger partial charge in [-0.05, 0) is 50.3 Å². The monoisotopic (exact) mass is 456 g/mol. The zero-order valence-electron chi connectivity index (χ0n) is 19.0. The zero-order chi connectivity index (χ0) is 22.8. The average molecular weight is 457 g/mol. The van der Waals surface area contributed by atoms with Crippen molar-refractivity contribution in [1.82, 2.24) is 10.2 Å². The van der Waals surface area contributed by atoms with Crippen LogP contribution in [0.15, 0.2) is 18.2 Å². The van der Waals surface area contributed by atoms with Crippen molar-refractivity contribution in [3.05, 3.63) is 23.8 Å². The number of ether oxygens (including phenoxy) is 2. The van der Waals surface area contributed by atoms with Crippen molar-refractivity contribution in [2.24, 2.45) is 0 Å². The summed E-state index contributed by atoms with van der Waals surface area (Å²) in [4.78, 5) is 44.9. The molecule has 4 heterocycles. The molecule has 4 aliphatic rings. The molecule has 9 nitrogen and oxygen atoms in total. The van der Waals surface area contributed by atoms with Crippen molar-refractivity contribution < 1.29 is 23.9 Å². The Hall–Kier alpha value is -2.65. The molecule has 0 spiro atoms. The third-order valence-corrected chi connectivity index (χ3v) is 6.98. The molecule has 4 aliphatic heterocycles. The van der Waals surface area contributed by atoms with Gasteiger partial charge in [0.2, 0.25) is 11.8 Å². The average Bonchev–Trinajstić information content (AvgIpc) is 3.40. The van der Waals surface area contributed by atoms with Crippen LogP contribution in [0.3, 0.4) is 0 Å². The summed E-state index contributed by atoms with van der Waals surface area (Å²) < 4.78 is 11.0. The number of nitrogens with zero attached hydrogens (tertiary/aromatic N) is 3. The van der Waals surface area contributed by atoms with Crippen molar-refractivity contribution >= 4 is 29.1 Å². The standard InChI is InChI=1S/C24H32N4O5/c29-22(25-14-18-16-32-11-12-33-18)15-28-21-13-17(23(30)26-8-3-4-9-26)6-7-19(21)27-10-2-1-5-20(27)24(28)31/h6-7,13,18,20H,1-5,8-12,14-16H2,(H,25,29)/t18-,20+/m1/s1. The number of piperidine rings is 1. The molecule has 0 unspecified atom stereocenters. The van der Waals surface area contributed by atoms with E-state index in [-0.39, 0.29) is 36.4 Å². The second-order valence-electron chi connectivity index (χ2n) is 9.20. The minimum absolute atomic E-state index is 0.0117. The summed E-state index contributed by atoms with van der Waals surface area (Å²) >= 11 is 0. The van der Waals surface area contributed by atoms with Crippen LogP contribution in [0.2, 0.25) is 0 Å². The predicted molar refractivity (Wildman–Crippen MR) is 122 cm³/mol. The normalized spacial score (nSPS) is 25.0. The van der Waals surface area contributed by atoms with Crippen LogP contribution in [0.5, 0.6) is 0 Å². The first kappa shape index (κ1) is 22.2. The van der Waals surface area contributed by atoms with Gasteiger partial charge in [-0.15, -0.1) is 0 Å². The highest BCUT2D eigenvalue weighted by atomic mass is 16.6. The number of carbonyl (C=O) groups excluding carboxylic acids is 3. The Balaban J connectivity index is 1.37. The number of fused-ring (bicyclic) bond motifs is 3. The summed E-state index contributed by atoms with van der Waals surface area (Å²) in [5.74, 6) is -0.327. The molecular weight excluding hydrogens is 424 g/mol. The van der Waals surface area contributed by atoms with Gasteiger partial charge in [-0.3, -0.25) is 19.3 Å². The van der Waals surface area contributed by atoms with Crippen LogP contribution in [0.4, 0.5) is 11.4 Å². The molecule has 2 atom stereocenters. The van der Waals surface area contributed by atoms with E-state index in [0.29, 0.717) is 37.6 Å². The van der Waals surface area contributed by atoms with Crippen LogP contribution in [0, 0.1) is 0 Å². The molecule has 0 radical (unpaired) electrons. The fourth-order valence-electron chi connectivity index (χ4n) is 5.24. The number of hydrogen-bond donors (Lipinski definition) is 1. The lowest BCUT2D eigenvalue weighted by atomic mass is 9.95. The highest BCUT2D eigenvalue weighted by Crippen LogP contribution is 2.40. The van der Waals surface area contributed by atoms with Crippen molar-refractivity contribution in [2.75, 3.05) is 62.3 Å². The maximum atomic E-state index is 13.5. The van der Waals surface area contributed by atoms with Gasteiger partial charge in [-0.1, -0.05) is 0 Å². The van der Waals surface area contributed by atoms with E-state index in [1.54, 1.807) is 11.0 Å². The Kier molecular flexibility index (Phi) is 6.50. The lowest BCUT2D eigenvalue weighted by molar-refractivity contribution is -0.126. The fraction of sp³-hybridized carbons (Fsp3) is 0.625. The minimum atomic E-state index is -0.255. The van der Waals surface area contributed by atoms with E-state index in [4.69, 9.17) is 9.47 Å². The smallest absolute Gasteiger partial charge is 0.253 e. The van der Waals surface area contributed by atoms with Crippen LogP contribution < -0.4 is 15.1 Å². The van der Waals surface area contributed by atoms with E-state index in [1.165, 1.54) is 0 Å². The van der Waals surface area contributed by atoms with Gasteiger partial charge in [-0.25, -0.2) is 0 Å². The molecule has 3 fully saturated rings. The minimum Gasteiger partial charge on any atom is -0.376 e. The molecule has 1 aromatic carbocycles. The maximum Gasteiger partial charge on any atom is 0.253 e. The van der Waals surface area contributed by atoms with E-state index in [9.17, 15) is 14.4 Å². The molecule has 33 heavy (non-hydrogen) atoms. The first-order valence-electron chi connectivity index (χ1n) is 12.1. The summed E-state index contributed by atoms with van der Waals surface area (Å²) in [5, 5.41) is 2.88. The maximum absolute atomic E-state index is 13.5. The van der Waals surface area contributed by atoms with Crippen LogP contribution in [-0.2, 0) is 19.1 Å². The topological polar surface area (TPSA) is 91.4 Å². The van der Waals surface area contributed by atoms with Gasteiger partial charge in [0, 0.05) is 31.7 Å². The van der Waals surface area contributed by atoms with Gasteiger partial charge >= 0.3 is 0 Å². The number of amides is 3. The van der Waals surface area contributed by atoms with E-state index >= 15 is 0 Å². The number of nitrogens with one attached hydrogen (secondary N) is 1. The largest absolute Gasteiger partial charge is 0.376 e. The third-order valence-electron chi connectivity index (χ3n) is 6.98. The summed E-state index contributed by atoms with van der Waals surface area (Å²) in [6.07, 6.45) is 4.66. The quantitative estimate of drug-likeness (QED) is 0.715. The van der Waals surface area contributed by atoms with Gasteiger partial charge in [0.1, 0.15) is 12.6 Å². The molecule has 1 aromatic rings. The molecule has 0 bridgehead atoms. The number of likely N-dealkylation sites (tertiary alicyclic amines) is 1. The number of carbonyl (C=O) groups is 3. The highest BCUT2D eigenvalue weighted by Gasteiger charge is 2.40. The molecule has 3 saturated heterocycles. The first-order chi connectivity index (χ1) is 16.1. The molecule has 3 amide bonds. The Morgan fingerprint density at radius 3 is 2.64 bits per heavy atom. The van der Waals surface area contributed by atoms with Crippen LogP contribution in [0.1, 0.15) is 42.5 Å². The first-order valence-corrected chi connectivity index (χ1v) is 12.1. The molecular formula is C24H32N4O5. The molecule has 9 heteroatoms. The predicted octanol–water partition coefficient (Wildman–Crippen LogP) is 1.16. The van der Waals surface area contributed by atoms with E-state index in [1.807, 2.05) is 17.0 Å². The lowest BCUT2D eigenvalue weighted by Crippen LogP contribution is -2.57. The second-order valence-corrected chi connectivity index (χ2v) is 9.20. The Morgan fingerprint density at radius 1 is 1.03 bits per heavy atom. The summed E-state index contributed by atoms with van der Waals surface area (Å²) in [6.45, 7) is 4.14. The third kappa shape index (κ3) is 4.56. The van der Waals surface area contributed by atoms with Crippen molar-refractivity contribution in [3.8, 4) is 0 Å². The summed E-state index contributed by atoms with van der Waals surface area (Å²) in [7, 11) is 0. The second kappa shape index (κ2) is 9.69. The van der Waals surface area contributed by atoms with Gasteiger partial charge in [0.05, 0.1) is 37.3 Å². The molecule has 1 N–H and O–H groups in total. The number of benzene rings is 1. The van der Waals surface area contributed by atoms with Gasteiger partial charge in [0.15, 0.2) is 0 Å².